The molecule has 0 bridgehead atoms. The zero-order chi connectivity index (χ0) is 18.7. The van der Waals surface area contributed by atoms with Crippen LogP contribution < -0.4 is 16.2 Å². The van der Waals surface area contributed by atoms with E-state index < -0.39 is 11.9 Å². The minimum absolute atomic E-state index is 0.0729. The molecular formula is C18H21ClN4O3. The zero-order valence-electron chi connectivity index (χ0n) is 14.5. The smallest absolute Gasteiger partial charge is 0.321 e. The van der Waals surface area contributed by atoms with Gasteiger partial charge in [-0.15, -0.1) is 0 Å². The fraction of sp³-hybridized carbons (Fsp3) is 0.444. The summed E-state index contributed by atoms with van der Waals surface area (Å²) in [6, 6.07) is 4.34. The van der Waals surface area contributed by atoms with Crippen LogP contribution in [0.1, 0.15) is 32.6 Å². The number of imide groups is 1. The van der Waals surface area contributed by atoms with E-state index in [0.717, 1.165) is 23.8 Å². The molecule has 0 saturated heterocycles. The van der Waals surface area contributed by atoms with Gasteiger partial charge < -0.3 is 5.32 Å². The van der Waals surface area contributed by atoms with Gasteiger partial charge >= 0.3 is 6.03 Å². The molecule has 0 radical (unpaired) electrons. The molecule has 1 aliphatic carbocycles. The maximum Gasteiger partial charge on any atom is 0.321 e. The van der Waals surface area contributed by atoms with Crippen molar-refractivity contribution in [2.75, 3.05) is 0 Å². The molecule has 138 valence electrons. The number of hydrogen-bond donors (Lipinski definition) is 2. The van der Waals surface area contributed by atoms with Gasteiger partial charge in [0.05, 0.1) is 17.2 Å². The van der Waals surface area contributed by atoms with Gasteiger partial charge in [-0.3, -0.25) is 19.5 Å². The Bertz CT molecular complexity index is 896. The van der Waals surface area contributed by atoms with Crippen LogP contribution in [0.4, 0.5) is 4.79 Å². The lowest BCUT2D eigenvalue weighted by molar-refractivity contribution is -0.120. The first-order valence-electron chi connectivity index (χ1n) is 8.69. The standard InChI is InChI=1S/C18H21ClN4O3/c1-11-4-2-3-5-14(11)21-18(26)22-16(24)9-23-10-20-15-7-6-12(19)8-13(15)17(23)25/h6-8,10-11,14H,2-5,9H2,1H3,(H2,21,22,24,26)/t11-,14+/m0/s1. The van der Waals surface area contributed by atoms with E-state index in [9.17, 15) is 14.4 Å². The predicted molar refractivity (Wildman–Crippen MR) is 99.1 cm³/mol. The molecule has 2 N–H and O–H groups in total. The van der Waals surface area contributed by atoms with Crippen LogP contribution in [0.2, 0.25) is 5.02 Å². The summed E-state index contributed by atoms with van der Waals surface area (Å²) in [6.07, 6.45) is 5.52. The van der Waals surface area contributed by atoms with Crippen molar-refractivity contribution in [1.82, 2.24) is 20.2 Å². The van der Waals surface area contributed by atoms with Gasteiger partial charge in [0.2, 0.25) is 5.91 Å². The average molecular weight is 377 g/mol. The second kappa shape index (κ2) is 7.86. The van der Waals surface area contributed by atoms with Gasteiger partial charge in [-0.25, -0.2) is 9.78 Å². The summed E-state index contributed by atoms with van der Waals surface area (Å²) in [6.45, 7) is 1.80. The molecule has 2 aromatic rings. The molecule has 3 rings (SSSR count). The highest BCUT2D eigenvalue weighted by atomic mass is 35.5. The van der Waals surface area contributed by atoms with Crippen LogP contribution in [-0.4, -0.2) is 27.5 Å². The zero-order valence-corrected chi connectivity index (χ0v) is 15.3. The third kappa shape index (κ3) is 4.22. The first-order valence-corrected chi connectivity index (χ1v) is 9.07. The van der Waals surface area contributed by atoms with Crippen molar-refractivity contribution in [3.63, 3.8) is 0 Å². The molecule has 3 amide bonds. The Balaban J connectivity index is 1.64. The first-order chi connectivity index (χ1) is 12.4. The molecule has 2 atom stereocenters. The molecule has 1 aliphatic rings. The monoisotopic (exact) mass is 376 g/mol. The topological polar surface area (TPSA) is 93.1 Å². The van der Waals surface area contributed by atoms with Crippen molar-refractivity contribution in [3.05, 3.63) is 39.9 Å². The van der Waals surface area contributed by atoms with Gasteiger partial charge in [0.15, 0.2) is 0 Å². The van der Waals surface area contributed by atoms with Crippen molar-refractivity contribution in [2.45, 2.75) is 45.2 Å². The Morgan fingerprint density at radius 2 is 2.08 bits per heavy atom. The molecule has 0 aliphatic heterocycles. The molecule has 1 heterocycles. The van der Waals surface area contributed by atoms with E-state index in [1.54, 1.807) is 12.1 Å². The van der Waals surface area contributed by atoms with E-state index in [0.29, 0.717) is 21.8 Å². The number of amides is 3. The number of halogens is 1. The van der Waals surface area contributed by atoms with Gasteiger partial charge in [0.25, 0.3) is 5.56 Å². The Morgan fingerprint density at radius 1 is 1.31 bits per heavy atom. The maximum atomic E-state index is 12.4. The van der Waals surface area contributed by atoms with Gasteiger partial charge in [0.1, 0.15) is 6.54 Å². The molecule has 26 heavy (non-hydrogen) atoms. The average Bonchev–Trinajstić information content (AvgIpc) is 2.60. The Hall–Kier alpha value is -2.41. The van der Waals surface area contributed by atoms with E-state index in [-0.39, 0.29) is 18.1 Å². The highest BCUT2D eigenvalue weighted by molar-refractivity contribution is 6.31. The summed E-state index contributed by atoms with van der Waals surface area (Å²) in [5.74, 6) is -0.183. The van der Waals surface area contributed by atoms with Crippen molar-refractivity contribution < 1.29 is 9.59 Å². The van der Waals surface area contributed by atoms with Gasteiger partial charge in [0, 0.05) is 11.1 Å². The van der Waals surface area contributed by atoms with Crippen molar-refractivity contribution in [2.24, 2.45) is 5.92 Å². The maximum absolute atomic E-state index is 12.4. The lowest BCUT2D eigenvalue weighted by atomic mass is 9.86. The second-order valence-corrected chi connectivity index (χ2v) is 7.17. The molecule has 0 unspecified atom stereocenters. The van der Waals surface area contributed by atoms with E-state index >= 15 is 0 Å². The molecule has 1 aromatic carbocycles. The quantitative estimate of drug-likeness (QED) is 0.860. The highest BCUT2D eigenvalue weighted by Crippen LogP contribution is 2.23. The van der Waals surface area contributed by atoms with E-state index in [2.05, 4.69) is 22.5 Å². The number of urea groups is 1. The van der Waals surface area contributed by atoms with Crippen LogP contribution in [-0.2, 0) is 11.3 Å². The normalized spacial score (nSPS) is 19.9. The number of aromatic nitrogens is 2. The molecule has 7 nitrogen and oxygen atoms in total. The minimum atomic E-state index is -0.573. The summed E-state index contributed by atoms with van der Waals surface area (Å²) in [4.78, 5) is 40.7. The Labute approximate surface area is 155 Å². The molecule has 1 saturated carbocycles. The Kier molecular flexibility index (Phi) is 5.56. The fourth-order valence-electron chi connectivity index (χ4n) is 3.30. The van der Waals surface area contributed by atoms with Crippen LogP contribution in [0.3, 0.4) is 0 Å². The molecular weight excluding hydrogens is 356 g/mol. The van der Waals surface area contributed by atoms with E-state index in [4.69, 9.17) is 11.6 Å². The lowest BCUT2D eigenvalue weighted by Gasteiger charge is -2.29. The summed E-state index contributed by atoms with van der Waals surface area (Å²) in [5.41, 5.74) is 0.119. The van der Waals surface area contributed by atoms with Crippen LogP contribution in [0, 0.1) is 5.92 Å². The Morgan fingerprint density at radius 3 is 2.85 bits per heavy atom. The second-order valence-electron chi connectivity index (χ2n) is 6.73. The van der Waals surface area contributed by atoms with Crippen LogP contribution in [0.5, 0.6) is 0 Å². The summed E-state index contributed by atoms with van der Waals surface area (Å²) in [7, 11) is 0. The number of fused-ring (bicyclic) bond motifs is 1. The van der Waals surface area contributed by atoms with Crippen LogP contribution >= 0.6 is 11.6 Å². The first kappa shape index (κ1) is 18.4. The van der Waals surface area contributed by atoms with Crippen molar-refractivity contribution in [3.8, 4) is 0 Å². The molecule has 1 fully saturated rings. The highest BCUT2D eigenvalue weighted by Gasteiger charge is 2.23. The largest absolute Gasteiger partial charge is 0.335 e. The third-order valence-corrected chi connectivity index (χ3v) is 5.02. The van der Waals surface area contributed by atoms with Gasteiger partial charge in [-0.2, -0.15) is 0 Å². The van der Waals surface area contributed by atoms with Crippen LogP contribution in [0.25, 0.3) is 10.9 Å². The number of nitrogens with one attached hydrogen (secondary N) is 2. The third-order valence-electron chi connectivity index (χ3n) is 4.78. The summed E-state index contributed by atoms with van der Waals surface area (Å²) < 4.78 is 1.16. The van der Waals surface area contributed by atoms with Crippen molar-refractivity contribution in [1.29, 1.82) is 0 Å². The fourth-order valence-corrected chi connectivity index (χ4v) is 3.47. The predicted octanol–water partition coefficient (Wildman–Crippen LogP) is 2.45. The van der Waals surface area contributed by atoms with E-state index in [1.165, 1.54) is 18.8 Å². The molecule has 8 heteroatoms. The minimum Gasteiger partial charge on any atom is -0.335 e. The van der Waals surface area contributed by atoms with Gasteiger partial charge in [-0.1, -0.05) is 31.4 Å². The summed E-state index contributed by atoms with van der Waals surface area (Å²) >= 11 is 5.91. The number of rotatable bonds is 3. The number of carbonyl (C=O) groups is 2. The molecule has 1 aromatic heterocycles. The molecule has 0 spiro atoms. The number of hydrogen-bond acceptors (Lipinski definition) is 4. The lowest BCUT2D eigenvalue weighted by Crippen LogP contribution is -2.48. The van der Waals surface area contributed by atoms with Crippen molar-refractivity contribution >= 4 is 34.4 Å². The summed E-state index contributed by atoms with van der Waals surface area (Å²) in [5, 5.41) is 5.87. The van der Waals surface area contributed by atoms with Gasteiger partial charge in [-0.05, 0) is 37.0 Å². The number of carbonyl (C=O) groups excluding carboxylic acids is 2. The number of nitrogens with zero attached hydrogens (tertiary/aromatic N) is 2. The number of benzene rings is 1. The SMILES string of the molecule is C[C@H]1CCCC[C@H]1NC(=O)NC(=O)Cn1cnc2ccc(Cl)cc2c1=O. The van der Waals surface area contributed by atoms with E-state index in [1.807, 2.05) is 0 Å². The van der Waals surface area contributed by atoms with Crippen LogP contribution in [0.15, 0.2) is 29.3 Å².